The quantitative estimate of drug-likeness (QED) is 0.685. The summed E-state index contributed by atoms with van der Waals surface area (Å²) in [5.74, 6) is 10.8. The van der Waals surface area contributed by atoms with Crippen molar-refractivity contribution in [1.29, 1.82) is 0 Å². The van der Waals surface area contributed by atoms with Crippen molar-refractivity contribution in [2.24, 2.45) is 33.7 Å². The summed E-state index contributed by atoms with van der Waals surface area (Å²) in [6.45, 7) is 4.61. The highest BCUT2D eigenvalue weighted by Gasteiger charge is 2.57. The van der Waals surface area contributed by atoms with Gasteiger partial charge in [-0.3, -0.25) is 0 Å². The van der Waals surface area contributed by atoms with E-state index in [2.05, 4.69) is 37.2 Å². The van der Waals surface area contributed by atoms with Crippen molar-refractivity contribution >= 4 is 5.71 Å². The lowest BCUT2D eigenvalue weighted by Gasteiger charge is -2.54. The molecule has 0 bridgehead atoms. The zero-order valence-corrected chi connectivity index (χ0v) is 13.4. The fourth-order valence-electron chi connectivity index (χ4n) is 5.70. The van der Waals surface area contributed by atoms with Gasteiger partial charge in [0.15, 0.2) is 0 Å². The molecule has 0 aromatic rings. The molecule has 0 amide bonds. The van der Waals surface area contributed by atoms with E-state index in [0.717, 1.165) is 25.7 Å². The van der Waals surface area contributed by atoms with Crippen molar-refractivity contribution in [3.05, 3.63) is 36.0 Å². The second-order valence-corrected chi connectivity index (χ2v) is 8.03. The lowest BCUT2D eigenvalue weighted by Crippen LogP contribution is -2.48. The van der Waals surface area contributed by atoms with E-state index in [1.807, 2.05) is 12.2 Å². The first kappa shape index (κ1) is 14.3. The second-order valence-electron chi connectivity index (χ2n) is 8.03. The molecule has 4 aliphatic carbocycles. The number of rotatable bonds is 0. The maximum atomic E-state index is 10.4. The summed E-state index contributed by atoms with van der Waals surface area (Å²) in [6.07, 6.45) is 15.0. The maximum absolute atomic E-state index is 10.4. The van der Waals surface area contributed by atoms with Crippen LogP contribution in [0.2, 0.25) is 0 Å². The van der Waals surface area contributed by atoms with E-state index in [1.54, 1.807) is 0 Å². The molecule has 2 radical (unpaired) electrons. The average molecular weight is 296 g/mol. The number of hydrogen-bond donors (Lipinski definition) is 1. The first-order chi connectivity index (χ1) is 10.5. The highest BCUT2D eigenvalue weighted by Crippen LogP contribution is 2.62. The van der Waals surface area contributed by atoms with Crippen LogP contribution in [0.3, 0.4) is 0 Å². The molecular formula is C19H24N2O. The molecule has 2 fully saturated rings. The van der Waals surface area contributed by atoms with Crippen LogP contribution in [0.4, 0.5) is 0 Å². The molecule has 6 atom stereocenters. The van der Waals surface area contributed by atoms with Gasteiger partial charge in [0, 0.05) is 5.41 Å². The Morgan fingerprint density at radius 1 is 1.18 bits per heavy atom. The Hall–Kier alpha value is -1.35. The summed E-state index contributed by atoms with van der Waals surface area (Å²) < 4.78 is 0. The van der Waals surface area contributed by atoms with Gasteiger partial charge in [0.1, 0.15) is 0 Å². The minimum absolute atomic E-state index is 0.0302. The Morgan fingerprint density at radius 3 is 2.77 bits per heavy atom. The number of aliphatic hydroxyl groups excluding tert-OH is 1. The van der Waals surface area contributed by atoms with Crippen LogP contribution in [-0.4, -0.2) is 16.9 Å². The number of allylic oxidation sites excluding steroid dienone is 6. The second kappa shape index (κ2) is 4.58. The fraction of sp³-hybridized carbons (Fsp3) is 0.632. The topological polar surface area (TPSA) is 54.9 Å². The number of hydrogen-bond acceptors (Lipinski definition) is 2. The molecule has 0 spiro atoms. The molecule has 0 heterocycles. The van der Waals surface area contributed by atoms with E-state index in [4.69, 9.17) is 5.84 Å². The lowest BCUT2D eigenvalue weighted by atomic mass is 9.50. The van der Waals surface area contributed by atoms with Crippen LogP contribution >= 0.6 is 0 Å². The van der Waals surface area contributed by atoms with E-state index < -0.39 is 0 Å². The Labute approximate surface area is 132 Å². The lowest BCUT2D eigenvalue weighted by molar-refractivity contribution is -0.0374. The van der Waals surface area contributed by atoms with Crippen molar-refractivity contribution in [3.63, 3.8) is 0 Å². The summed E-state index contributed by atoms with van der Waals surface area (Å²) in [5.41, 5.74) is 2.01. The third-order valence-corrected chi connectivity index (χ3v) is 7.19. The van der Waals surface area contributed by atoms with Gasteiger partial charge in [0.05, 0.1) is 11.8 Å². The van der Waals surface area contributed by atoms with Crippen LogP contribution in [0.1, 0.15) is 39.5 Å². The van der Waals surface area contributed by atoms with Gasteiger partial charge in [-0.15, -0.1) is 5.10 Å². The predicted molar refractivity (Wildman–Crippen MR) is 87.1 cm³/mol. The highest BCUT2D eigenvalue weighted by molar-refractivity contribution is 6.05. The smallest absolute Gasteiger partial charge is 0.0875 e. The van der Waals surface area contributed by atoms with Crippen LogP contribution < -0.4 is 5.84 Å². The normalized spacial score (nSPS) is 51.2. The monoisotopic (exact) mass is 296 g/mol. The predicted octanol–water partition coefficient (Wildman–Crippen LogP) is 3.29. The van der Waals surface area contributed by atoms with Gasteiger partial charge in [-0.1, -0.05) is 32.1 Å². The average Bonchev–Trinajstić information content (AvgIpc) is 2.82. The van der Waals surface area contributed by atoms with Gasteiger partial charge in [0.25, 0.3) is 0 Å². The fourth-order valence-corrected chi connectivity index (χ4v) is 5.70. The van der Waals surface area contributed by atoms with E-state index in [9.17, 15) is 5.11 Å². The first-order valence-corrected chi connectivity index (χ1v) is 8.49. The van der Waals surface area contributed by atoms with Crippen molar-refractivity contribution < 1.29 is 5.11 Å². The standard InChI is InChI=1S/C19H24N2O/c1-18-9-7-13(21-20)11-12(18)3-4-14-15-5-6-17(22)19(15,2)10-8-16(14)18/h3-4,7,9,11,14-17,22H,5-6,8,10H2,1-2H3/t14-,15-,16-,17?,18-,19-/m0/s1. The summed E-state index contributed by atoms with van der Waals surface area (Å²) in [6, 6.07) is 0. The van der Waals surface area contributed by atoms with E-state index in [-0.39, 0.29) is 16.9 Å². The molecule has 0 saturated heterocycles. The van der Waals surface area contributed by atoms with Crippen molar-refractivity contribution in [1.82, 2.24) is 5.84 Å². The Bertz CT molecular complexity index is 617. The van der Waals surface area contributed by atoms with E-state index in [0.29, 0.717) is 23.5 Å². The molecule has 22 heavy (non-hydrogen) atoms. The molecule has 1 N–H and O–H groups in total. The van der Waals surface area contributed by atoms with Crippen LogP contribution in [0.15, 0.2) is 41.1 Å². The van der Waals surface area contributed by atoms with Crippen molar-refractivity contribution in [2.45, 2.75) is 45.6 Å². The number of fused-ring (bicyclic) bond motifs is 5. The molecule has 3 nitrogen and oxygen atoms in total. The Kier molecular flexibility index (Phi) is 2.96. The highest BCUT2D eigenvalue weighted by atomic mass is 16.3. The zero-order chi connectivity index (χ0) is 15.5. The minimum atomic E-state index is -0.133. The van der Waals surface area contributed by atoms with Crippen LogP contribution in [-0.2, 0) is 0 Å². The molecule has 116 valence electrons. The zero-order valence-electron chi connectivity index (χ0n) is 13.4. The Balaban J connectivity index is 1.75. The molecule has 4 rings (SSSR count). The van der Waals surface area contributed by atoms with Crippen LogP contribution in [0.5, 0.6) is 0 Å². The van der Waals surface area contributed by atoms with Crippen LogP contribution in [0, 0.1) is 28.6 Å². The van der Waals surface area contributed by atoms with Gasteiger partial charge in [-0.2, -0.15) is 0 Å². The first-order valence-electron chi connectivity index (χ1n) is 8.49. The third kappa shape index (κ3) is 1.69. The molecule has 1 unspecified atom stereocenters. The van der Waals surface area contributed by atoms with Gasteiger partial charge >= 0.3 is 0 Å². The van der Waals surface area contributed by atoms with Gasteiger partial charge in [-0.25, -0.2) is 0 Å². The number of aliphatic hydroxyl groups is 1. The molecule has 0 aliphatic heterocycles. The molecule has 4 aliphatic rings. The largest absolute Gasteiger partial charge is 0.393 e. The summed E-state index contributed by atoms with van der Waals surface area (Å²) >= 11 is 0. The van der Waals surface area contributed by atoms with Crippen molar-refractivity contribution in [3.8, 4) is 0 Å². The Morgan fingerprint density at radius 2 is 2.00 bits per heavy atom. The van der Waals surface area contributed by atoms with E-state index >= 15 is 0 Å². The molecule has 0 aromatic heterocycles. The molecule has 2 saturated carbocycles. The van der Waals surface area contributed by atoms with E-state index in [1.165, 1.54) is 5.57 Å². The molecular weight excluding hydrogens is 272 g/mol. The molecule has 0 aromatic carbocycles. The minimum Gasteiger partial charge on any atom is -0.393 e. The van der Waals surface area contributed by atoms with Crippen molar-refractivity contribution in [2.75, 3.05) is 0 Å². The summed E-state index contributed by atoms with van der Waals surface area (Å²) in [4.78, 5) is 0. The summed E-state index contributed by atoms with van der Waals surface area (Å²) in [5, 5.41) is 13.8. The van der Waals surface area contributed by atoms with Gasteiger partial charge < -0.3 is 5.11 Å². The maximum Gasteiger partial charge on any atom is 0.0875 e. The summed E-state index contributed by atoms with van der Waals surface area (Å²) in [7, 11) is 0. The molecule has 3 heteroatoms. The third-order valence-electron chi connectivity index (χ3n) is 7.19. The van der Waals surface area contributed by atoms with Crippen LogP contribution in [0.25, 0.3) is 0 Å². The van der Waals surface area contributed by atoms with Gasteiger partial charge in [-0.05, 0) is 72.4 Å². The van der Waals surface area contributed by atoms with Gasteiger partial charge in [0.2, 0.25) is 0 Å². The number of nitrogens with zero attached hydrogens (tertiary/aromatic N) is 2. The SMILES string of the molecule is C[C@]12C=CC(=N[N])C=C1C=C[C@@H]1[C@@H]2CC[C@]2(C)C(O)CC[C@@H]12.